The highest BCUT2D eigenvalue weighted by atomic mass is 35.5. The van der Waals surface area contributed by atoms with Crippen LogP contribution >= 0.6 is 23.2 Å². The second-order valence-electron chi connectivity index (χ2n) is 2.61. The molecule has 0 atom stereocenters. The summed E-state index contributed by atoms with van der Waals surface area (Å²) in [5, 5.41) is 13.0. The van der Waals surface area contributed by atoms with E-state index in [-0.39, 0.29) is 15.6 Å². The predicted octanol–water partition coefficient (Wildman–Crippen LogP) is 1.34. The van der Waals surface area contributed by atoms with E-state index in [4.69, 9.17) is 33.4 Å². The average Bonchev–Trinajstić information content (AvgIpc) is 2.06. The van der Waals surface area contributed by atoms with Crippen molar-refractivity contribution in [1.82, 2.24) is 0 Å². The lowest BCUT2D eigenvalue weighted by Crippen LogP contribution is -2.13. The second kappa shape index (κ2) is 3.97. The maximum Gasteiger partial charge on any atom is 0.337 e. The molecule has 0 unspecified atom stereocenters. The van der Waals surface area contributed by atoms with Crippen LogP contribution in [-0.4, -0.2) is 19.5 Å². The third-order valence-electron chi connectivity index (χ3n) is 1.56. The molecule has 0 aromatic heterocycles. The lowest BCUT2D eigenvalue weighted by atomic mass is 10.2. The van der Waals surface area contributed by atoms with Gasteiger partial charge in [0.15, 0.2) is 0 Å². The SMILES string of the molecule is NS(=O)(=O)c1cc(Cl)c(C(=O)O)cc1Cl. The van der Waals surface area contributed by atoms with E-state index in [1.807, 2.05) is 0 Å². The summed E-state index contributed by atoms with van der Waals surface area (Å²) >= 11 is 11.1. The van der Waals surface area contributed by atoms with Gasteiger partial charge in [-0.3, -0.25) is 0 Å². The van der Waals surface area contributed by atoms with Gasteiger partial charge in [-0.1, -0.05) is 23.2 Å². The second-order valence-corrected chi connectivity index (χ2v) is 4.96. The number of primary sulfonamides is 1. The Hall–Kier alpha value is -0.820. The molecular formula is C7H5Cl2NO4S. The van der Waals surface area contributed by atoms with Gasteiger partial charge in [0.1, 0.15) is 4.90 Å². The number of hydrogen-bond donors (Lipinski definition) is 2. The topological polar surface area (TPSA) is 97.5 Å². The number of benzene rings is 1. The Kier molecular flexibility index (Phi) is 3.25. The van der Waals surface area contributed by atoms with Gasteiger partial charge >= 0.3 is 5.97 Å². The maximum atomic E-state index is 11.0. The molecule has 15 heavy (non-hydrogen) atoms. The molecular weight excluding hydrogens is 265 g/mol. The first kappa shape index (κ1) is 12.3. The molecule has 1 aromatic rings. The number of halogens is 2. The van der Waals surface area contributed by atoms with Crippen molar-refractivity contribution in [3.05, 3.63) is 27.7 Å². The van der Waals surface area contributed by atoms with Crippen molar-refractivity contribution in [2.75, 3.05) is 0 Å². The molecule has 0 amide bonds. The van der Waals surface area contributed by atoms with Gasteiger partial charge in [0.05, 0.1) is 15.6 Å². The number of aromatic carboxylic acids is 1. The Labute approximate surface area is 95.5 Å². The predicted molar refractivity (Wildman–Crippen MR) is 54.8 cm³/mol. The van der Waals surface area contributed by atoms with Gasteiger partial charge in [-0.2, -0.15) is 0 Å². The van der Waals surface area contributed by atoms with Crippen molar-refractivity contribution >= 4 is 39.2 Å². The molecule has 0 fully saturated rings. The summed E-state index contributed by atoms with van der Waals surface area (Å²) in [5.41, 5.74) is -0.283. The van der Waals surface area contributed by atoms with E-state index in [0.29, 0.717) is 0 Å². The van der Waals surface area contributed by atoms with E-state index in [2.05, 4.69) is 0 Å². The first-order valence-corrected chi connectivity index (χ1v) is 5.79. The summed E-state index contributed by atoms with van der Waals surface area (Å²) in [6.07, 6.45) is 0. The molecule has 3 N–H and O–H groups in total. The third-order valence-corrected chi connectivity index (χ3v) is 3.25. The van der Waals surface area contributed by atoms with Crippen LogP contribution in [0.5, 0.6) is 0 Å². The van der Waals surface area contributed by atoms with Gasteiger partial charge in [0.25, 0.3) is 0 Å². The molecule has 0 spiro atoms. The molecule has 0 bridgehead atoms. The molecule has 82 valence electrons. The van der Waals surface area contributed by atoms with Crippen LogP contribution < -0.4 is 5.14 Å². The molecule has 0 saturated carbocycles. The fourth-order valence-corrected chi connectivity index (χ4v) is 2.32. The molecule has 1 aromatic carbocycles. The highest BCUT2D eigenvalue weighted by Gasteiger charge is 2.18. The van der Waals surface area contributed by atoms with E-state index in [1.165, 1.54) is 0 Å². The third kappa shape index (κ3) is 2.60. The van der Waals surface area contributed by atoms with Gasteiger partial charge < -0.3 is 5.11 Å². The first-order chi connectivity index (χ1) is 6.73. The van der Waals surface area contributed by atoms with Crippen molar-refractivity contribution in [3.63, 3.8) is 0 Å². The molecule has 0 aliphatic heterocycles. The van der Waals surface area contributed by atoms with Crippen molar-refractivity contribution in [1.29, 1.82) is 0 Å². The Morgan fingerprint density at radius 2 is 1.80 bits per heavy atom. The van der Waals surface area contributed by atoms with Crippen molar-refractivity contribution in [2.45, 2.75) is 4.90 Å². The van der Waals surface area contributed by atoms with Crippen LogP contribution in [0.4, 0.5) is 0 Å². The van der Waals surface area contributed by atoms with Gasteiger partial charge in [-0.15, -0.1) is 0 Å². The van der Waals surface area contributed by atoms with Crippen LogP contribution in [-0.2, 0) is 10.0 Å². The monoisotopic (exact) mass is 269 g/mol. The summed E-state index contributed by atoms with van der Waals surface area (Å²) in [4.78, 5) is 10.2. The largest absolute Gasteiger partial charge is 0.478 e. The molecule has 0 radical (unpaired) electrons. The maximum absolute atomic E-state index is 11.0. The highest BCUT2D eigenvalue weighted by Crippen LogP contribution is 2.27. The molecule has 0 aliphatic carbocycles. The Bertz CT molecular complexity index is 526. The fraction of sp³-hybridized carbons (Fsp3) is 0. The molecule has 8 heteroatoms. The summed E-state index contributed by atoms with van der Waals surface area (Å²) in [7, 11) is -4.01. The van der Waals surface area contributed by atoms with E-state index >= 15 is 0 Å². The quantitative estimate of drug-likeness (QED) is 0.847. The Morgan fingerprint density at radius 1 is 1.27 bits per heavy atom. The van der Waals surface area contributed by atoms with E-state index < -0.39 is 20.9 Å². The highest BCUT2D eigenvalue weighted by molar-refractivity contribution is 7.89. The Balaban J connectivity index is 3.52. The zero-order chi connectivity index (χ0) is 11.8. The van der Waals surface area contributed by atoms with E-state index in [9.17, 15) is 13.2 Å². The Morgan fingerprint density at radius 3 is 2.20 bits per heavy atom. The number of carbonyl (C=O) groups is 1. The lowest BCUT2D eigenvalue weighted by molar-refractivity contribution is 0.0697. The first-order valence-electron chi connectivity index (χ1n) is 3.48. The van der Waals surface area contributed by atoms with Gasteiger partial charge in [0.2, 0.25) is 10.0 Å². The molecule has 0 heterocycles. The van der Waals surface area contributed by atoms with Crippen LogP contribution in [0.25, 0.3) is 0 Å². The normalized spacial score (nSPS) is 11.4. The van der Waals surface area contributed by atoms with Gasteiger partial charge in [-0.05, 0) is 12.1 Å². The average molecular weight is 270 g/mol. The minimum Gasteiger partial charge on any atom is -0.478 e. The number of hydrogen-bond acceptors (Lipinski definition) is 3. The van der Waals surface area contributed by atoms with E-state index in [1.54, 1.807) is 0 Å². The minimum absolute atomic E-state index is 0.240. The van der Waals surface area contributed by atoms with Crippen molar-refractivity contribution < 1.29 is 18.3 Å². The lowest BCUT2D eigenvalue weighted by Gasteiger charge is -2.04. The van der Waals surface area contributed by atoms with Crippen molar-refractivity contribution in [2.24, 2.45) is 5.14 Å². The number of carboxylic acid groups (broad SMARTS) is 1. The van der Waals surface area contributed by atoms with Crippen LogP contribution in [0.3, 0.4) is 0 Å². The van der Waals surface area contributed by atoms with Crippen LogP contribution in [0, 0.1) is 0 Å². The van der Waals surface area contributed by atoms with Gasteiger partial charge in [0, 0.05) is 0 Å². The number of carboxylic acids is 1. The summed E-state index contributed by atoms with van der Waals surface area (Å²) in [6, 6.07) is 1.84. The number of rotatable bonds is 2. The van der Waals surface area contributed by atoms with E-state index in [0.717, 1.165) is 12.1 Å². The smallest absolute Gasteiger partial charge is 0.337 e. The molecule has 0 aliphatic rings. The molecule has 0 saturated heterocycles. The standard InChI is InChI=1S/C7H5Cl2NO4S/c8-4-2-6(15(10,13)14)5(9)1-3(4)7(11)12/h1-2H,(H,11,12)(H2,10,13,14). The van der Waals surface area contributed by atoms with Crippen LogP contribution in [0.2, 0.25) is 10.0 Å². The zero-order valence-electron chi connectivity index (χ0n) is 7.07. The minimum atomic E-state index is -4.01. The fourth-order valence-electron chi connectivity index (χ4n) is 0.911. The van der Waals surface area contributed by atoms with Crippen molar-refractivity contribution in [3.8, 4) is 0 Å². The van der Waals surface area contributed by atoms with Crippen LogP contribution in [0.1, 0.15) is 10.4 Å². The molecule has 5 nitrogen and oxygen atoms in total. The zero-order valence-corrected chi connectivity index (χ0v) is 9.40. The molecule has 1 rings (SSSR count). The van der Waals surface area contributed by atoms with Crippen LogP contribution in [0.15, 0.2) is 17.0 Å². The number of nitrogens with two attached hydrogens (primary N) is 1. The summed E-state index contributed by atoms with van der Waals surface area (Å²) in [5.74, 6) is -1.30. The van der Waals surface area contributed by atoms with Gasteiger partial charge in [-0.25, -0.2) is 18.4 Å². The summed E-state index contributed by atoms with van der Waals surface area (Å²) in [6.45, 7) is 0. The number of sulfonamides is 1. The summed E-state index contributed by atoms with van der Waals surface area (Å²) < 4.78 is 21.9.